The first-order chi connectivity index (χ1) is 50.5. The van der Waals surface area contributed by atoms with Gasteiger partial charge in [-0.15, -0.1) is 0 Å². The zero-order valence-electron chi connectivity index (χ0n) is 61.2. The van der Waals surface area contributed by atoms with Gasteiger partial charge in [-0.25, -0.2) is 14.2 Å². The molecule has 610 valence electrons. The molecule has 0 aromatic rings. The van der Waals surface area contributed by atoms with Gasteiger partial charge in [0.05, 0.1) is 26.4 Å². The van der Waals surface area contributed by atoms with E-state index in [-0.39, 0.29) is 24.9 Å². The van der Waals surface area contributed by atoms with E-state index in [1.54, 1.807) is 13.0 Å². The number of carbonyl (C=O) groups is 7. The van der Waals surface area contributed by atoms with Gasteiger partial charge in [-0.1, -0.05) is 73.1 Å². The summed E-state index contributed by atoms with van der Waals surface area (Å²) in [4.78, 5) is 102. The highest BCUT2D eigenvalue weighted by Crippen LogP contribution is 2.49. The molecule has 6 heterocycles. The first-order valence-electron chi connectivity index (χ1n) is 35.0. The number of phosphoric ester groups is 1. The summed E-state index contributed by atoms with van der Waals surface area (Å²) >= 11 is 0. The minimum Gasteiger partial charge on any atom is -0.510 e. The minimum absolute atomic E-state index is 0.142. The molecule has 6 saturated heterocycles. The molecule has 6 fully saturated rings. The number of phosphoric acid groups is 1. The van der Waals surface area contributed by atoms with Crippen LogP contribution in [-0.4, -0.2) is 288 Å². The van der Waals surface area contributed by atoms with Crippen LogP contribution in [-0.2, 0) is 99.2 Å². The van der Waals surface area contributed by atoms with E-state index in [2.05, 4.69) is 75.4 Å². The molecule has 7 rings (SSSR count). The zero-order chi connectivity index (χ0) is 80.2. The van der Waals surface area contributed by atoms with Gasteiger partial charge < -0.3 is 145 Å². The third kappa shape index (κ3) is 23.5. The number of amides is 5. The Balaban J connectivity index is 1.13. The van der Waals surface area contributed by atoms with Gasteiger partial charge >= 0.3 is 19.9 Å². The number of Topliss-reactive ketones (excluding diaryl/α,β-unsaturated/α-hetero) is 1. The lowest BCUT2D eigenvalue weighted by molar-refractivity contribution is -0.415. The lowest BCUT2D eigenvalue weighted by Gasteiger charge is -2.53. The van der Waals surface area contributed by atoms with Gasteiger partial charge in [0.1, 0.15) is 102 Å². The van der Waals surface area contributed by atoms with Gasteiger partial charge in [0, 0.05) is 26.7 Å². The molecular formula is C68H104N5O34P. The summed E-state index contributed by atoms with van der Waals surface area (Å²) in [6, 6.07) is -4.08. The molecule has 19 N–H and O–H groups in total. The Morgan fingerprint density at radius 2 is 1.38 bits per heavy atom. The molecule has 0 saturated carbocycles. The van der Waals surface area contributed by atoms with Crippen molar-refractivity contribution in [3.05, 3.63) is 70.7 Å². The van der Waals surface area contributed by atoms with E-state index in [1.807, 2.05) is 6.08 Å². The highest BCUT2D eigenvalue weighted by Gasteiger charge is 2.63. The molecule has 39 nitrogen and oxygen atoms in total. The van der Waals surface area contributed by atoms with Crippen LogP contribution in [0.5, 0.6) is 0 Å². The number of nitrogens with one attached hydrogen (secondary N) is 3. The van der Waals surface area contributed by atoms with Crippen molar-refractivity contribution >= 4 is 49.3 Å². The lowest BCUT2D eigenvalue weighted by Crippen LogP contribution is -2.73. The molecule has 0 aromatic heterocycles. The second-order valence-electron chi connectivity index (χ2n) is 28.6. The fourth-order valence-electron chi connectivity index (χ4n) is 12.8. The Morgan fingerprint density at radius 1 is 0.731 bits per heavy atom. The maximum absolute atomic E-state index is 14.1. The number of primary amides is 2. The molecular weight excluding hydrogens is 1460 g/mol. The number of carbonyl (C=O) groups excluding carboxylic acids is 6. The van der Waals surface area contributed by atoms with Gasteiger partial charge in [0.15, 0.2) is 74.0 Å². The summed E-state index contributed by atoms with van der Waals surface area (Å²) in [5.41, 5.74) is 12.0. The standard InChI is InChI=1S/C68H104N5O34P/c1-29(2)14-13-16-30(3)17-18-32(5)21-24-67(8,9)23-12-11-15-31(4)22-25-94-39(59(88)89)28-96-108(92,93)107-65-54(55(105-66(70)90)68(10,91)56(104-65)57(69)86)103-60-41(71-33(6)75)44(80)50-38(98-60)27-95-62-49(85)51(43(79)37(26-74)97-62)100-64-53(45(81)42(72-34(7)76)61(99-50)106-64)102-63-48(84)46(82)47(83)52(101-63)58(87)73-40-35(77)19-20-36(40)78/h12,14,17,22-23,37-39,41-56,60-65,74,77,79-85,91H,5,11,13,15-16,18-21,24-28H2,1-4,6-10H3,(H2,69,86)(H2,70,90)(H,71,75)(H,72,76)(H,73,87)(H,88,89)(H,92,93)/b23-12+,30-17+,31-22-/t37?,38?,39-,41+,42+,43-,44?,45?,46?,47-,48+,49+,50-,51?,52?,53+,54?,55-,56?,60+,61-,62-,63+,64?,65-,68+/m1/s1. The van der Waals surface area contributed by atoms with E-state index < -0.39 is 240 Å². The molecule has 40 heteroatoms. The molecule has 27 atom stereocenters. The number of nitrogens with two attached hydrogens (primary N) is 2. The summed E-state index contributed by atoms with van der Waals surface area (Å²) in [6.07, 6.45) is -37.8. The SMILES string of the molecule is C=C(C/C=C(\C)CCC=C(C)C)CCC(C)(C)/C=C/CC/C(C)=C\CO[C@H](COP(=O)(O)O[C@H]1OC(C(N)=O)[C@@](C)(O)[C@H](OC(N)=O)C1O[C@@H]1OC2CO[C@@H]3OC(CO)[C@@H](O)C(OC4O[C@@H](O[C@H]2C(O)[C@@H]1NC(C)=O)[C@@H](NC(C)=O)C(O)[C@@H]4O[C@@H]1OC(C(=O)NC2=C(O)CCC2=O)[C@H](O)C(O)[C@@H]1O)[C@@H]3O)C(=O)O. The van der Waals surface area contributed by atoms with Crippen LogP contribution in [0.15, 0.2) is 70.7 Å². The predicted molar refractivity (Wildman–Crippen MR) is 365 cm³/mol. The van der Waals surface area contributed by atoms with Gasteiger partial charge in [-0.3, -0.25) is 33.0 Å². The maximum atomic E-state index is 14.1. The van der Waals surface area contributed by atoms with Crippen LogP contribution in [0.1, 0.15) is 120 Å². The molecule has 0 spiro atoms. The summed E-state index contributed by atoms with van der Waals surface area (Å²) in [6.45, 7) is 15.6. The van der Waals surface area contributed by atoms with Crippen LogP contribution in [0.25, 0.3) is 0 Å². The van der Waals surface area contributed by atoms with Gasteiger partial charge in [-0.05, 0) is 85.0 Å². The Kier molecular flexibility index (Phi) is 32.0. The number of hydrogen-bond donors (Lipinski definition) is 17. The number of carboxylic acids is 1. The maximum Gasteiger partial charge on any atom is 0.474 e. The Labute approximate surface area is 621 Å². The highest BCUT2D eigenvalue weighted by atomic mass is 31.2. The number of ketones is 1. The second kappa shape index (κ2) is 38.9. The van der Waals surface area contributed by atoms with Gasteiger partial charge in [0.2, 0.25) is 17.7 Å². The summed E-state index contributed by atoms with van der Waals surface area (Å²) in [5, 5.41) is 132. The van der Waals surface area contributed by atoms with Crippen molar-refractivity contribution in [3.63, 3.8) is 0 Å². The molecule has 7 aliphatic rings. The topological polar surface area (TPSA) is 597 Å². The highest BCUT2D eigenvalue weighted by molar-refractivity contribution is 7.47. The first kappa shape index (κ1) is 89.0. The Hall–Kier alpha value is -6.16. The van der Waals surface area contributed by atoms with Gasteiger partial charge in [-0.2, -0.15) is 0 Å². The molecule has 6 aliphatic heterocycles. The smallest absolute Gasteiger partial charge is 0.474 e. The third-order valence-corrected chi connectivity index (χ3v) is 19.8. The van der Waals surface area contributed by atoms with Crippen molar-refractivity contribution in [1.82, 2.24) is 16.0 Å². The first-order valence-corrected chi connectivity index (χ1v) is 36.5. The number of allylic oxidation sites excluding steroid dienone is 10. The van der Waals surface area contributed by atoms with E-state index in [1.165, 1.54) is 11.1 Å². The van der Waals surface area contributed by atoms with Crippen LogP contribution in [0.3, 0.4) is 0 Å². The molecule has 4 bridgehead atoms. The average molecular weight is 1570 g/mol. The van der Waals surface area contributed by atoms with E-state index in [9.17, 15) is 99.2 Å². The minimum atomic E-state index is -5.83. The number of aliphatic hydroxyl groups is 10. The van der Waals surface area contributed by atoms with Crippen molar-refractivity contribution in [3.8, 4) is 0 Å². The van der Waals surface area contributed by atoms with E-state index in [0.29, 0.717) is 12.8 Å². The number of fused-ring (bicyclic) bond motifs is 5. The third-order valence-electron chi connectivity index (χ3n) is 18.9. The lowest BCUT2D eigenvalue weighted by atomic mass is 9.85. The van der Waals surface area contributed by atoms with Crippen molar-refractivity contribution in [1.29, 1.82) is 0 Å². The quantitative estimate of drug-likeness (QED) is 0.0255. The Bertz CT molecular complexity index is 3380. The van der Waals surface area contributed by atoms with Gasteiger partial charge in [0.25, 0.3) is 5.91 Å². The molecule has 0 radical (unpaired) electrons. The van der Waals surface area contributed by atoms with E-state index in [0.717, 1.165) is 64.0 Å². The second-order valence-corrected chi connectivity index (χ2v) is 30.0. The number of hydrogen-bond acceptors (Lipinski definition) is 32. The number of aliphatic carboxylic acids is 1. The number of ether oxygens (including phenoxy) is 12. The summed E-state index contributed by atoms with van der Waals surface area (Å²) < 4.78 is 95.5. The predicted octanol–water partition coefficient (Wildman–Crippen LogP) is -2.05. The van der Waals surface area contributed by atoms with Crippen molar-refractivity contribution in [2.24, 2.45) is 16.9 Å². The largest absolute Gasteiger partial charge is 0.510 e. The van der Waals surface area contributed by atoms with Crippen molar-refractivity contribution < 1.29 is 165 Å². The van der Waals surface area contributed by atoms with Crippen LogP contribution in [0, 0.1) is 5.41 Å². The molecule has 1 aliphatic carbocycles. The van der Waals surface area contributed by atoms with Crippen LogP contribution >= 0.6 is 7.82 Å². The number of carboxylic acid groups (broad SMARTS) is 1. The van der Waals surface area contributed by atoms with Crippen LogP contribution < -0.4 is 27.4 Å². The van der Waals surface area contributed by atoms with E-state index in [4.69, 9.17) is 77.4 Å². The van der Waals surface area contributed by atoms with Crippen molar-refractivity contribution in [2.45, 2.75) is 279 Å². The normalized spacial score (nSPS) is 36.5. The van der Waals surface area contributed by atoms with E-state index >= 15 is 0 Å². The molecule has 0 aromatic carbocycles. The molecule has 11 unspecified atom stereocenters. The van der Waals surface area contributed by atoms with Crippen molar-refractivity contribution in [2.75, 3.05) is 26.4 Å². The van der Waals surface area contributed by atoms with Crippen LogP contribution in [0.2, 0.25) is 0 Å². The summed E-state index contributed by atoms with van der Waals surface area (Å²) in [7, 11) is -5.83. The Morgan fingerprint density at radius 3 is 2.00 bits per heavy atom. The fraction of sp³-hybridized carbons (Fsp3) is 0.721. The van der Waals surface area contributed by atoms with Crippen LogP contribution in [0.4, 0.5) is 4.79 Å². The molecule has 108 heavy (non-hydrogen) atoms. The average Bonchev–Trinajstić information content (AvgIpc) is 0.775. The number of rotatable bonds is 32. The fourth-order valence-corrected chi connectivity index (χ4v) is 13.6. The number of aliphatic hydroxyl groups excluding tert-OH is 9. The zero-order valence-corrected chi connectivity index (χ0v) is 62.1. The molecule has 5 amide bonds. The summed E-state index contributed by atoms with van der Waals surface area (Å²) in [5.74, 6) is -7.80. The monoisotopic (exact) mass is 1570 g/mol.